The smallest absolute Gasteiger partial charge is 0.197 e. The van der Waals surface area contributed by atoms with E-state index in [2.05, 4.69) is 20.6 Å². The van der Waals surface area contributed by atoms with E-state index in [0.29, 0.717) is 0 Å². The highest BCUT2D eigenvalue weighted by atomic mass is 16.8. The van der Waals surface area contributed by atoms with E-state index in [1.54, 1.807) is 0 Å². The largest absolute Gasteiger partial charge is 0.418 e. The third kappa shape index (κ3) is 106. The monoisotopic (exact) mass is 105 g/mol. The standard InChI is InChI=1S/C3H8.CH3NO2/c1-3-2;1-2(3)4/h3H2,1-2H3;1H2,(H,3,4). The molecule has 0 spiro atoms. The van der Waals surface area contributed by atoms with Gasteiger partial charge in [-0.3, -0.25) is 5.21 Å². The van der Waals surface area contributed by atoms with Gasteiger partial charge < -0.3 is 5.21 Å². The summed E-state index contributed by atoms with van der Waals surface area (Å²) in [5.74, 6) is 0. The maximum absolute atomic E-state index is 8.81. The van der Waals surface area contributed by atoms with E-state index < -0.39 is 4.90 Å². The molecule has 0 aromatic carbocycles. The molecule has 0 aliphatic carbocycles. The SMILES string of the molecule is C=[N+]([O-])O.CCC. The van der Waals surface area contributed by atoms with Gasteiger partial charge in [0.1, 0.15) is 0 Å². The Labute approximate surface area is 43.4 Å². The van der Waals surface area contributed by atoms with Gasteiger partial charge in [-0.25, -0.2) is 0 Å². The Kier molecular flexibility index (Phi) is 12.3. The molecule has 0 amide bonds. The molecule has 0 saturated heterocycles. The van der Waals surface area contributed by atoms with Gasteiger partial charge in [-0.2, -0.15) is 0 Å². The predicted octanol–water partition coefficient (Wildman–Crippen LogP) is 1.00. The fraction of sp³-hybridized carbons (Fsp3) is 0.750. The average molecular weight is 105 g/mol. The zero-order valence-electron chi connectivity index (χ0n) is 4.72. The van der Waals surface area contributed by atoms with Crippen molar-refractivity contribution in [3.63, 3.8) is 0 Å². The summed E-state index contributed by atoms with van der Waals surface area (Å²) in [6.45, 7) is 6.72. The summed E-state index contributed by atoms with van der Waals surface area (Å²) in [6, 6.07) is 0. The molecule has 1 N–H and O–H groups in total. The fourth-order valence-corrected chi connectivity index (χ4v) is 0. The Morgan fingerprint density at radius 2 is 1.71 bits per heavy atom. The van der Waals surface area contributed by atoms with Crippen molar-refractivity contribution in [3.05, 3.63) is 5.21 Å². The molecule has 3 nitrogen and oxygen atoms in total. The first kappa shape index (κ1) is 9.55. The predicted molar refractivity (Wildman–Crippen MR) is 28.5 cm³/mol. The van der Waals surface area contributed by atoms with E-state index in [1.165, 1.54) is 6.42 Å². The summed E-state index contributed by atoms with van der Waals surface area (Å²) in [7, 11) is 0. The lowest BCUT2D eigenvalue weighted by Gasteiger charge is -1.70. The number of hydrogen-bond acceptors (Lipinski definition) is 2. The summed E-state index contributed by atoms with van der Waals surface area (Å²) in [6.07, 6.45) is 1.25. The van der Waals surface area contributed by atoms with E-state index >= 15 is 0 Å². The molecule has 3 heteroatoms. The highest BCUT2D eigenvalue weighted by Crippen LogP contribution is 1.56. The molecule has 0 saturated carbocycles. The van der Waals surface area contributed by atoms with Crippen molar-refractivity contribution in [2.45, 2.75) is 20.3 Å². The lowest BCUT2D eigenvalue weighted by atomic mass is 10.6. The molecule has 0 aromatic heterocycles. The van der Waals surface area contributed by atoms with Gasteiger partial charge in [0.25, 0.3) is 0 Å². The lowest BCUT2D eigenvalue weighted by Crippen LogP contribution is -1.84. The second kappa shape index (κ2) is 8.99. The van der Waals surface area contributed by atoms with Crippen molar-refractivity contribution in [3.8, 4) is 0 Å². The Hall–Kier alpha value is -0.730. The molecule has 7 heavy (non-hydrogen) atoms. The highest BCUT2D eigenvalue weighted by molar-refractivity contribution is 5.13. The molecule has 0 aliphatic rings. The van der Waals surface area contributed by atoms with Crippen LogP contribution in [0.5, 0.6) is 0 Å². The maximum Gasteiger partial charge on any atom is 0.197 e. The van der Waals surface area contributed by atoms with Crippen LogP contribution in [0.25, 0.3) is 0 Å². The molecule has 0 heterocycles. The zero-order chi connectivity index (χ0) is 6.28. The molecule has 0 aromatic rings. The fourth-order valence-electron chi connectivity index (χ4n) is 0. The zero-order valence-corrected chi connectivity index (χ0v) is 4.72. The first-order valence-electron chi connectivity index (χ1n) is 2.11. The number of hydrogen-bond donors (Lipinski definition) is 1. The van der Waals surface area contributed by atoms with Gasteiger partial charge in [-0.15, -0.1) is 0 Å². The Morgan fingerprint density at radius 3 is 1.71 bits per heavy atom. The third-order valence-corrected chi connectivity index (χ3v) is 0. The van der Waals surface area contributed by atoms with Gasteiger partial charge in [-0.1, -0.05) is 20.3 Å². The minimum Gasteiger partial charge on any atom is -0.418 e. The van der Waals surface area contributed by atoms with E-state index in [9.17, 15) is 0 Å². The van der Waals surface area contributed by atoms with Gasteiger partial charge in [0, 0.05) is 4.90 Å². The maximum atomic E-state index is 8.81. The highest BCUT2D eigenvalue weighted by Gasteiger charge is 1.50. The molecule has 0 rings (SSSR count). The minimum absolute atomic E-state index is 0.500. The van der Waals surface area contributed by atoms with Gasteiger partial charge in [-0.05, 0) is 0 Å². The summed E-state index contributed by atoms with van der Waals surface area (Å²) in [5, 5.41) is 16.0. The molecule has 0 atom stereocenters. The molecule has 44 valence electrons. The third-order valence-electron chi connectivity index (χ3n) is 0. The Bertz CT molecular complexity index is 41.0. The van der Waals surface area contributed by atoms with Crippen molar-refractivity contribution >= 4 is 6.72 Å². The molecule has 0 bridgehead atoms. The Balaban J connectivity index is 0. The van der Waals surface area contributed by atoms with E-state index in [4.69, 9.17) is 10.4 Å². The van der Waals surface area contributed by atoms with Crippen LogP contribution in [0.3, 0.4) is 0 Å². The first-order valence-corrected chi connectivity index (χ1v) is 2.11. The van der Waals surface area contributed by atoms with Crippen LogP contribution in [0.2, 0.25) is 0 Å². The van der Waals surface area contributed by atoms with Crippen molar-refractivity contribution in [1.29, 1.82) is 0 Å². The van der Waals surface area contributed by atoms with Crippen LogP contribution in [-0.4, -0.2) is 16.8 Å². The van der Waals surface area contributed by atoms with Crippen molar-refractivity contribution in [2.75, 3.05) is 0 Å². The van der Waals surface area contributed by atoms with Crippen LogP contribution in [0.4, 0.5) is 0 Å². The van der Waals surface area contributed by atoms with Crippen LogP contribution in [0.1, 0.15) is 20.3 Å². The Morgan fingerprint density at radius 1 is 1.71 bits per heavy atom. The van der Waals surface area contributed by atoms with Gasteiger partial charge in [0.2, 0.25) is 0 Å². The van der Waals surface area contributed by atoms with Gasteiger partial charge >= 0.3 is 0 Å². The van der Waals surface area contributed by atoms with Crippen molar-refractivity contribution in [1.82, 2.24) is 0 Å². The number of rotatable bonds is 0. The summed E-state index contributed by atoms with van der Waals surface area (Å²) in [5.41, 5.74) is 0. The van der Waals surface area contributed by atoms with Crippen molar-refractivity contribution in [2.24, 2.45) is 0 Å². The summed E-state index contributed by atoms with van der Waals surface area (Å²) < 4.78 is 0. The van der Waals surface area contributed by atoms with Crippen LogP contribution >= 0.6 is 0 Å². The first-order chi connectivity index (χ1) is 3.15. The molecule has 0 aliphatic heterocycles. The second-order valence-corrected chi connectivity index (χ2v) is 1.06. The van der Waals surface area contributed by atoms with E-state index in [0.717, 1.165) is 0 Å². The van der Waals surface area contributed by atoms with Crippen LogP contribution in [0.15, 0.2) is 0 Å². The van der Waals surface area contributed by atoms with E-state index in [-0.39, 0.29) is 0 Å². The molecule has 0 unspecified atom stereocenters. The van der Waals surface area contributed by atoms with Crippen LogP contribution in [-0.2, 0) is 0 Å². The van der Waals surface area contributed by atoms with Crippen molar-refractivity contribution < 1.29 is 10.1 Å². The van der Waals surface area contributed by atoms with Gasteiger partial charge in [0.15, 0.2) is 6.72 Å². The molecule has 0 radical (unpaired) electrons. The van der Waals surface area contributed by atoms with Crippen LogP contribution < -0.4 is 0 Å². The normalized spacial score (nSPS) is 6.00. The second-order valence-electron chi connectivity index (χ2n) is 1.06. The molecular weight excluding hydrogens is 94.0 g/mol. The van der Waals surface area contributed by atoms with E-state index in [1.807, 2.05) is 0 Å². The lowest BCUT2D eigenvalue weighted by molar-refractivity contribution is -0.719. The van der Waals surface area contributed by atoms with Crippen LogP contribution in [0, 0.1) is 5.21 Å². The summed E-state index contributed by atoms with van der Waals surface area (Å²) in [4.78, 5) is -0.500. The molecular formula is C4H11NO2. The average Bonchev–Trinajstić information content (AvgIpc) is 1.33. The number of nitrogens with zero attached hydrogens (tertiary/aromatic N) is 1. The van der Waals surface area contributed by atoms with Gasteiger partial charge in [0.05, 0.1) is 0 Å². The summed E-state index contributed by atoms with van der Waals surface area (Å²) >= 11 is 0. The minimum atomic E-state index is -0.500. The topological polar surface area (TPSA) is 46.3 Å². The molecule has 0 fully saturated rings. The quantitative estimate of drug-likeness (QED) is 0.216.